The van der Waals surface area contributed by atoms with Crippen molar-refractivity contribution < 1.29 is 4.79 Å². The molecule has 0 saturated carbocycles. The van der Waals surface area contributed by atoms with Crippen molar-refractivity contribution in [3.63, 3.8) is 0 Å². The van der Waals surface area contributed by atoms with Crippen LogP contribution in [0, 0.1) is 5.92 Å². The van der Waals surface area contributed by atoms with E-state index in [1.807, 2.05) is 33.0 Å². The van der Waals surface area contributed by atoms with E-state index in [9.17, 15) is 4.79 Å². The molecule has 1 atom stereocenters. The third-order valence-electron chi connectivity index (χ3n) is 2.61. The zero-order valence-corrected chi connectivity index (χ0v) is 8.37. The minimum atomic E-state index is 0.120. The van der Waals surface area contributed by atoms with Crippen molar-refractivity contribution >= 4 is 5.78 Å². The summed E-state index contributed by atoms with van der Waals surface area (Å²) in [6.07, 6.45) is 0.976. The summed E-state index contributed by atoms with van der Waals surface area (Å²) < 4.78 is 0. The molecule has 0 aromatic carbocycles. The van der Waals surface area contributed by atoms with Gasteiger partial charge in [-0.3, -0.25) is 4.79 Å². The second kappa shape index (κ2) is 3.54. The zero-order valence-electron chi connectivity index (χ0n) is 8.37. The SMILES string of the molecule is CC(C)C(=O)C1CCN(C)N1C. The van der Waals surface area contributed by atoms with Gasteiger partial charge in [0.15, 0.2) is 5.78 Å². The minimum absolute atomic E-state index is 0.120. The number of ketones is 1. The van der Waals surface area contributed by atoms with Crippen LogP contribution in [0.2, 0.25) is 0 Å². The molecular formula is C9H18N2O. The van der Waals surface area contributed by atoms with Gasteiger partial charge in [0.2, 0.25) is 0 Å². The minimum Gasteiger partial charge on any atom is -0.298 e. The summed E-state index contributed by atoms with van der Waals surface area (Å²) in [4.78, 5) is 11.6. The van der Waals surface area contributed by atoms with Crippen LogP contribution < -0.4 is 0 Å². The van der Waals surface area contributed by atoms with Gasteiger partial charge < -0.3 is 0 Å². The van der Waals surface area contributed by atoms with E-state index >= 15 is 0 Å². The van der Waals surface area contributed by atoms with Gasteiger partial charge >= 0.3 is 0 Å². The summed E-state index contributed by atoms with van der Waals surface area (Å²) in [6, 6.07) is 0.120. The summed E-state index contributed by atoms with van der Waals surface area (Å²) in [7, 11) is 4.01. The molecule has 0 N–H and O–H groups in total. The van der Waals surface area contributed by atoms with Crippen molar-refractivity contribution in [3.05, 3.63) is 0 Å². The van der Waals surface area contributed by atoms with Gasteiger partial charge in [-0.15, -0.1) is 0 Å². The molecule has 0 aromatic rings. The highest BCUT2D eigenvalue weighted by molar-refractivity contribution is 5.85. The highest BCUT2D eigenvalue weighted by Crippen LogP contribution is 2.17. The smallest absolute Gasteiger partial charge is 0.153 e. The molecule has 1 fully saturated rings. The maximum atomic E-state index is 11.6. The fourth-order valence-electron chi connectivity index (χ4n) is 1.60. The Morgan fingerprint density at radius 3 is 2.33 bits per heavy atom. The van der Waals surface area contributed by atoms with Gasteiger partial charge in [-0.2, -0.15) is 0 Å². The van der Waals surface area contributed by atoms with Crippen LogP contribution in [0.5, 0.6) is 0 Å². The normalized spacial score (nSPS) is 26.9. The van der Waals surface area contributed by atoms with Crippen molar-refractivity contribution in [2.24, 2.45) is 5.92 Å². The highest BCUT2D eigenvalue weighted by atomic mass is 16.1. The molecule has 0 aromatic heterocycles. The second-order valence-corrected chi connectivity index (χ2v) is 3.82. The van der Waals surface area contributed by atoms with Crippen LogP contribution in [-0.4, -0.2) is 42.5 Å². The van der Waals surface area contributed by atoms with E-state index in [0.717, 1.165) is 13.0 Å². The molecule has 0 bridgehead atoms. The fourth-order valence-corrected chi connectivity index (χ4v) is 1.60. The molecule has 1 aliphatic heterocycles. The highest BCUT2D eigenvalue weighted by Gasteiger charge is 2.32. The number of carbonyl (C=O) groups excluding carboxylic acids is 1. The van der Waals surface area contributed by atoms with Gasteiger partial charge in [0, 0.05) is 26.6 Å². The van der Waals surface area contributed by atoms with Crippen LogP contribution in [0.4, 0.5) is 0 Å². The van der Waals surface area contributed by atoms with Crippen LogP contribution in [0.1, 0.15) is 20.3 Å². The summed E-state index contributed by atoms with van der Waals surface area (Å²) in [5, 5.41) is 4.15. The lowest BCUT2D eigenvalue weighted by Crippen LogP contribution is -2.40. The zero-order chi connectivity index (χ0) is 9.30. The van der Waals surface area contributed by atoms with Gasteiger partial charge in [-0.05, 0) is 6.42 Å². The average Bonchev–Trinajstić information content (AvgIpc) is 2.32. The Morgan fingerprint density at radius 2 is 2.00 bits per heavy atom. The number of rotatable bonds is 2. The molecule has 70 valence electrons. The first kappa shape index (κ1) is 9.68. The number of likely N-dealkylation sites (N-methyl/N-ethyl adjacent to an activating group) is 1. The Bertz CT molecular complexity index is 179. The van der Waals surface area contributed by atoms with E-state index in [1.54, 1.807) is 0 Å². The van der Waals surface area contributed by atoms with E-state index < -0.39 is 0 Å². The maximum absolute atomic E-state index is 11.6. The Morgan fingerprint density at radius 1 is 1.42 bits per heavy atom. The molecule has 0 radical (unpaired) electrons. The average molecular weight is 170 g/mol. The van der Waals surface area contributed by atoms with Crippen molar-refractivity contribution in [2.75, 3.05) is 20.6 Å². The van der Waals surface area contributed by atoms with Crippen molar-refractivity contribution in [3.8, 4) is 0 Å². The van der Waals surface area contributed by atoms with Gasteiger partial charge in [-0.1, -0.05) is 13.8 Å². The number of Topliss-reactive ketones (excluding diaryl/α,β-unsaturated/α-hetero) is 1. The molecule has 1 rings (SSSR count). The molecule has 1 aliphatic rings. The molecule has 0 amide bonds. The van der Waals surface area contributed by atoms with E-state index in [1.165, 1.54) is 0 Å². The molecule has 3 heteroatoms. The number of hydrogen-bond donors (Lipinski definition) is 0. The third-order valence-corrected chi connectivity index (χ3v) is 2.61. The number of hydrazine groups is 1. The maximum Gasteiger partial charge on any atom is 0.153 e. The van der Waals surface area contributed by atoms with E-state index in [4.69, 9.17) is 0 Å². The Labute approximate surface area is 74.3 Å². The van der Waals surface area contributed by atoms with E-state index in [-0.39, 0.29) is 12.0 Å². The quantitative estimate of drug-likeness (QED) is 0.611. The number of carbonyl (C=O) groups is 1. The Hall–Kier alpha value is -0.410. The lowest BCUT2D eigenvalue weighted by Gasteiger charge is -2.24. The first-order valence-electron chi connectivity index (χ1n) is 4.51. The number of hydrogen-bond acceptors (Lipinski definition) is 3. The van der Waals surface area contributed by atoms with Gasteiger partial charge in [0.25, 0.3) is 0 Å². The number of nitrogens with zero attached hydrogens (tertiary/aromatic N) is 2. The van der Waals surface area contributed by atoms with Crippen LogP contribution in [0.25, 0.3) is 0 Å². The van der Waals surface area contributed by atoms with Gasteiger partial charge in [0.05, 0.1) is 6.04 Å². The topological polar surface area (TPSA) is 23.6 Å². The van der Waals surface area contributed by atoms with Crippen LogP contribution in [0.15, 0.2) is 0 Å². The molecule has 12 heavy (non-hydrogen) atoms. The van der Waals surface area contributed by atoms with E-state index in [2.05, 4.69) is 5.01 Å². The summed E-state index contributed by atoms with van der Waals surface area (Å²) in [6.45, 7) is 4.93. The fraction of sp³-hybridized carbons (Fsp3) is 0.889. The molecular weight excluding hydrogens is 152 g/mol. The molecule has 1 unspecified atom stereocenters. The molecule has 1 heterocycles. The van der Waals surface area contributed by atoms with Crippen LogP contribution in [0.3, 0.4) is 0 Å². The summed E-state index contributed by atoms with van der Waals surface area (Å²) in [5.74, 6) is 0.519. The molecule has 1 saturated heterocycles. The van der Waals surface area contributed by atoms with Crippen LogP contribution in [-0.2, 0) is 4.79 Å². The first-order valence-corrected chi connectivity index (χ1v) is 4.51. The standard InChI is InChI=1S/C9H18N2O/c1-7(2)9(12)8-5-6-10(3)11(8)4/h7-8H,5-6H2,1-4H3. The summed E-state index contributed by atoms with van der Waals surface area (Å²) in [5.41, 5.74) is 0. The predicted molar refractivity (Wildman–Crippen MR) is 48.6 cm³/mol. The molecule has 0 spiro atoms. The third kappa shape index (κ3) is 1.67. The van der Waals surface area contributed by atoms with Crippen LogP contribution >= 0.6 is 0 Å². The largest absolute Gasteiger partial charge is 0.298 e. The van der Waals surface area contributed by atoms with Crippen molar-refractivity contribution in [2.45, 2.75) is 26.3 Å². The lowest BCUT2D eigenvalue weighted by atomic mass is 10.0. The predicted octanol–water partition coefficient (Wildman–Crippen LogP) is 0.762. The monoisotopic (exact) mass is 170 g/mol. The van der Waals surface area contributed by atoms with E-state index in [0.29, 0.717) is 5.78 Å². The first-order chi connectivity index (χ1) is 5.54. The molecule has 3 nitrogen and oxygen atoms in total. The molecule has 0 aliphatic carbocycles. The van der Waals surface area contributed by atoms with Crippen molar-refractivity contribution in [1.82, 2.24) is 10.0 Å². The van der Waals surface area contributed by atoms with Crippen molar-refractivity contribution in [1.29, 1.82) is 0 Å². The van der Waals surface area contributed by atoms with Gasteiger partial charge in [-0.25, -0.2) is 10.0 Å². The van der Waals surface area contributed by atoms with Gasteiger partial charge in [0.1, 0.15) is 0 Å². The second-order valence-electron chi connectivity index (χ2n) is 3.82. The Balaban J connectivity index is 2.59. The summed E-state index contributed by atoms with van der Waals surface area (Å²) >= 11 is 0. The lowest BCUT2D eigenvalue weighted by molar-refractivity contribution is -0.128. The Kier molecular flexibility index (Phi) is 2.85.